The molecule has 366 valence electrons. The Labute approximate surface area is 388 Å². The zero-order valence-corrected chi connectivity index (χ0v) is 38.9. The fraction of sp³-hybridized carbons (Fsp3) is 0.297. The van der Waals surface area contributed by atoms with Crippen LogP contribution in [0.5, 0.6) is 0 Å². The molecule has 0 saturated carbocycles. The molecule has 2 amide bonds. The van der Waals surface area contributed by atoms with E-state index in [1.54, 1.807) is 0 Å². The van der Waals surface area contributed by atoms with Gasteiger partial charge in [0.1, 0.15) is 39.2 Å². The van der Waals surface area contributed by atoms with Crippen LogP contribution in [0.25, 0.3) is 0 Å². The van der Waals surface area contributed by atoms with Gasteiger partial charge in [-0.1, -0.05) is 23.2 Å². The topological polar surface area (TPSA) is 296 Å². The Kier molecular flexibility index (Phi) is 17.9. The number of phosphoric ester groups is 2. The average Bonchev–Trinajstić information content (AvgIpc) is 3.58. The van der Waals surface area contributed by atoms with Crippen LogP contribution in [0.3, 0.4) is 0 Å². The Morgan fingerprint density at radius 3 is 1.54 bits per heavy atom. The van der Waals surface area contributed by atoms with Crippen molar-refractivity contribution in [3.05, 3.63) is 117 Å². The average molecular weight is 1070 g/mol. The van der Waals surface area contributed by atoms with Crippen LogP contribution in [0.15, 0.2) is 82.6 Å². The first-order valence-electron chi connectivity index (χ1n) is 19.0. The summed E-state index contributed by atoms with van der Waals surface area (Å²) in [4.78, 5) is 59.5. The molecule has 1 unspecified atom stereocenters. The maximum atomic E-state index is 14.6. The largest absolute Gasteiger partial charge is 0.469 e. The molecule has 67 heavy (non-hydrogen) atoms. The maximum absolute atomic E-state index is 14.6. The first-order valence-corrected chi connectivity index (χ1v) is 25.7. The predicted octanol–water partition coefficient (Wildman–Crippen LogP) is 4.86. The van der Waals surface area contributed by atoms with Crippen molar-refractivity contribution in [2.75, 3.05) is 50.0 Å². The van der Waals surface area contributed by atoms with E-state index in [1.807, 2.05) is 0 Å². The lowest BCUT2D eigenvalue weighted by Crippen LogP contribution is -2.40. The number of hydrogen-bond acceptors (Lipinski definition) is 12. The highest BCUT2D eigenvalue weighted by Crippen LogP contribution is 2.40. The molecular formula is C37H38Cl2F4N4O16P2S2. The molecule has 2 fully saturated rings. The summed E-state index contributed by atoms with van der Waals surface area (Å²) in [5, 5.41) is 14.3. The van der Waals surface area contributed by atoms with Gasteiger partial charge in [-0.15, -0.1) is 0 Å². The van der Waals surface area contributed by atoms with Gasteiger partial charge in [0.2, 0.25) is 20.0 Å². The van der Waals surface area contributed by atoms with Crippen molar-refractivity contribution in [2.45, 2.75) is 40.9 Å². The van der Waals surface area contributed by atoms with Crippen LogP contribution in [0, 0.1) is 23.3 Å². The Morgan fingerprint density at radius 2 is 1.07 bits per heavy atom. The predicted molar refractivity (Wildman–Crippen MR) is 229 cm³/mol. The summed E-state index contributed by atoms with van der Waals surface area (Å²) in [6.07, 6.45) is -3.82. The minimum atomic E-state index is -4.96. The molecule has 0 radical (unpaired) electrons. The van der Waals surface area contributed by atoms with Crippen molar-refractivity contribution in [3.8, 4) is 0 Å². The van der Waals surface area contributed by atoms with E-state index < -0.39 is 119 Å². The van der Waals surface area contributed by atoms with Crippen LogP contribution in [-0.2, 0) is 43.0 Å². The van der Waals surface area contributed by atoms with Gasteiger partial charge in [0.05, 0.1) is 35.5 Å². The quantitative estimate of drug-likeness (QED) is 0.0736. The Morgan fingerprint density at radius 1 is 0.642 bits per heavy atom. The molecule has 30 heteroatoms. The normalized spacial score (nSPS) is 19.1. The van der Waals surface area contributed by atoms with Crippen molar-refractivity contribution in [1.29, 1.82) is 0 Å². The molecule has 4 aromatic carbocycles. The van der Waals surface area contributed by atoms with Crippen LogP contribution in [0.2, 0.25) is 10.0 Å². The van der Waals surface area contributed by atoms with Crippen LogP contribution < -0.4 is 10.6 Å². The van der Waals surface area contributed by atoms with Gasteiger partial charge in [-0.25, -0.2) is 43.5 Å². The molecule has 2 aliphatic heterocycles. The first-order chi connectivity index (χ1) is 31.1. The van der Waals surface area contributed by atoms with Gasteiger partial charge >= 0.3 is 15.6 Å². The number of benzene rings is 4. The summed E-state index contributed by atoms with van der Waals surface area (Å²) >= 11 is 11.3. The number of phosphoric acid groups is 2. The standard InChI is InChI=1S/C19H20ClF2N2O8PS.C18H18ClF2N2O8PS/c20-15-8-12(2-6-16(15)21)23-19(26)11-1-5-17(22)18(7-11)34(30,31)24-9-13(25)3-4-14(10-24)32-33(27,28)29;19-14-8-12(2-4-15(14)20)22-18(24)11-1-3-16(21)17(7-11)33(28,29)23-5-6-30-10-13(9-23)31-32(25,26)27/h1-2,5-8,13-14,25H,3-4,9-10H2,(H,23,26)(H2,27,28,29);1-4,7-8,13H,5-6,9-10H2,(H,22,24)(H2,25,26,27)/t13-,14+;/m1./s1. The van der Waals surface area contributed by atoms with Crippen LogP contribution >= 0.6 is 38.8 Å². The fourth-order valence-electron chi connectivity index (χ4n) is 6.32. The third kappa shape index (κ3) is 15.0. The van der Waals surface area contributed by atoms with Crippen molar-refractivity contribution in [1.82, 2.24) is 8.61 Å². The third-order valence-corrected chi connectivity index (χ3v) is 14.8. The zero-order chi connectivity index (χ0) is 49.6. The van der Waals surface area contributed by atoms with Gasteiger partial charge in [0, 0.05) is 48.7 Å². The van der Waals surface area contributed by atoms with Gasteiger partial charge in [-0.05, 0) is 85.6 Å². The molecule has 0 aliphatic carbocycles. The molecular weight excluding hydrogens is 1030 g/mol. The molecule has 0 aromatic heterocycles. The molecule has 20 nitrogen and oxygen atoms in total. The van der Waals surface area contributed by atoms with Crippen molar-refractivity contribution in [2.24, 2.45) is 0 Å². The number of carbonyl (C=O) groups excluding carboxylic acids is 2. The zero-order valence-electron chi connectivity index (χ0n) is 33.9. The van der Waals surface area contributed by atoms with Gasteiger partial charge in [-0.2, -0.15) is 8.61 Å². The number of aliphatic hydroxyl groups is 1. The number of hydrogen-bond donors (Lipinski definition) is 7. The Balaban J connectivity index is 0.000000251. The summed E-state index contributed by atoms with van der Waals surface area (Å²) in [7, 11) is -19.1. The second kappa shape index (κ2) is 22.2. The number of β-amino-alcohol motifs (C(OH)–C–C–N with tert-alkyl or cyclic N) is 1. The van der Waals surface area contributed by atoms with E-state index in [1.165, 1.54) is 12.1 Å². The number of rotatable bonds is 12. The van der Waals surface area contributed by atoms with Crippen molar-refractivity contribution < 1.29 is 91.6 Å². The number of carbonyl (C=O) groups is 2. The lowest BCUT2D eigenvalue weighted by molar-refractivity contribution is 0.0519. The minimum Gasteiger partial charge on any atom is -0.392 e. The molecule has 2 saturated heterocycles. The van der Waals surface area contributed by atoms with Crippen molar-refractivity contribution in [3.63, 3.8) is 0 Å². The summed E-state index contributed by atoms with van der Waals surface area (Å²) in [5.74, 6) is -5.39. The second-order valence-corrected chi connectivity index (χ2v) is 21.4. The van der Waals surface area contributed by atoms with Crippen LogP contribution in [0.1, 0.15) is 33.6 Å². The lowest BCUT2D eigenvalue weighted by Gasteiger charge is -2.25. The molecule has 0 spiro atoms. The lowest BCUT2D eigenvalue weighted by atomic mass is 10.1. The van der Waals surface area contributed by atoms with Gasteiger partial charge in [-0.3, -0.25) is 18.6 Å². The van der Waals surface area contributed by atoms with Crippen LogP contribution in [-0.4, -0.2) is 120 Å². The summed E-state index contributed by atoms with van der Waals surface area (Å²) < 4.78 is 146. The number of anilines is 2. The van der Waals surface area contributed by atoms with E-state index in [0.717, 1.165) is 65.0 Å². The van der Waals surface area contributed by atoms with E-state index in [0.29, 0.717) is 4.31 Å². The van der Waals surface area contributed by atoms with E-state index in [9.17, 15) is 58.2 Å². The fourth-order valence-corrected chi connectivity index (χ4v) is 10.9. The summed E-state index contributed by atoms with van der Waals surface area (Å²) in [6, 6.07) is 12.0. The Hall–Kier alpha value is -3.92. The number of ether oxygens (including phenoxy) is 1. The number of amides is 2. The Bertz CT molecular complexity index is 2830. The smallest absolute Gasteiger partial charge is 0.392 e. The van der Waals surface area contributed by atoms with Gasteiger partial charge < -0.3 is 40.1 Å². The molecule has 3 atom stereocenters. The number of sulfonamides is 2. The number of aliphatic hydroxyl groups excluding tert-OH is 1. The minimum absolute atomic E-state index is 0.0121. The monoisotopic (exact) mass is 1070 g/mol. The number of nitrogens with zero attached hydrogens (tertiary/aromatic N) is 2. The third-order valence-electron chi connectivity index (χ3n) is 9.39. The number of halogens is 6. The number of nitrogens with one attached hydrogen (secondary N) is 2. The van der Waals surface area contributed by atoms with Crippen LogP contribution in [0.4, 0.5) is 28.9 Å². The molecule has 2 aliphatic rings. The first kappa shape index (κ1) is 54.0. The molecule has 4 aromatic rings. The maximum Gasteiger partial charge on any atom is 0.469 e. The van der Waals surface area contributed by atoms with Gasteiger partial charge in [0.15, 0.2) is 0 Å². The summed E-state index contributed by atoms with van der Waals surface area (Å²) in [5.41, 5.74) is -0.233. The molecule has 2 heterocycles. The van der Waals surface area contributed by atoms with E-state index in [4.69, 9.17) is 47.5 Å². The summed E-state index contributed by atoms with van der Waals surface area (Å²) in [6.45, 7) is -2.22. The van der Waals surface area contributed by atoms with E-state index in [2.05, 4.69) is 19.7 Å². The molecule has 0 bridgehead atoms. The highest BCUT2D eigenvalue weighted by atomic mass is 35.5. The van der Waals surface area contributed by atoms with E-state index >= 15 is 0 Å². The highest BCUT2D eigenvalue weighted by Gasteiger charge is 2.37. The highest BCUT2D eigenvalue weighted by molar-refractivity contribution is 7.89. The van der Waals surface area contributed by atoms with E-state index in [-0.39, 0.29) is 65.1 Å². The van der Waals surface area contributed by atoms with Gasteiger partial charge in [0.25, 0.3) is 11.8 Å². The molecule has 6 rings (SSSR count). The van der Waals surface area contributed by atoms with Crippen molar-refractivity contribution >= 4 is 82.1 Å². The second-order valence-electron chi connectivity index (χ2n) is 14.4. The molecule has 7 N–H and O–H groups in total. The SMILES string of the molecule is O=C(Nc1ccc(F)c(Cl)c1)c1ccc(F)c(S(=O)(=O)N2CCOCC(OP(=O)(O)O)C2)c1.O=C(Nc1ccc(F)c(Cl)c1)c1ccc(F)c(S(=O)(=O)N2C[C@H](O)CC[C@H](OP(=O)(O)O)C2)c1.